The number of ether oxygens (including phenoxy) is 2. The van der Waals surface area contributed by atoms with Crippen molar-refractivity contribution in [2.24, 2.45) is 0 Å². The van der Waals surface area contributed by atoms with Crippen molar-refractivity contribution < 1.29 is 14.3 Å². The first kappa shape index (κ1) is 14.2. The van der Waals surface area contributed by atoms with Gasteiger partial charge in [-0.05, 0) is 42.8 Å². The predicted octanol–water partition coefficient (Wildman–Crippen LogP) is 4.27. The molecule has 0 saturated carbocycles. The molecule has 2 aromatic rings. The Labute approximate surface area is 122 Å². The van der Waals surface area contributed by atoms with Crippen molar-refractivity contribution in [3.63, 3.8) is 0 Å². The number of carbonyl (C=O) groups excluding carboxylic acids is 1. The van der Waals surface area contributed by atoms with E-state index in [1.807, 2.05) is 13.0 Å². The summed E-state index contributed by atoms with van der Waals surface area (Å²) in [5.41, 5.74) is 1.58. The number of benzene rings is 2. The molecule has 1 amide bonds. The number of amides is 1. The Kier molecular flexibility index (Phi) is 4.48. The first-order valence-electron chi connectivity index (χ1n) is 5.97. The third kappa shape index (κ3) is 3.65. The summed E-state index contributed by atoms with van der Waals surface area (Å²) in [6, 6.07) is 12.1. The lowest BCUT2D eigenvalue weighted by Gasteiger charge is -2.10. The highest BCUT2D eigenvalue weighted by Gasteiger charge is 2.10. The molecule has 0 aliphatic heterocycles. The van der Waals surface area contributed by atoms with Gasteiger partial charge in [0.05, 0.1) is 7.11 Å². The highest BCUT2D eigenvalue weighted by molar-refractivity contribution is 6.30. The lowest BCUT2D eigenvalue weighted by atomic mass is 10.2. The summed E-state index contributed by atoms with van der Waals surface area (Å²) in [6.07, 6.45) is -0.602. The van der Waals surface area contributed by atoms with Gasteiger partial charge in [0.2, 0.25) is 0 Å². The first-order chi connectivity index (χ1) is 9.58. The largest absolute Gasteiger partial charge is 0.493 e. The normalized spacial score (nSPS) is 9.95. The van der Waals surface area contributed by atoms with Crippen LogP contribution in [0.15, 0.2) is 42.5 Å². The minimum absolute atomic E-state index is 0.359. The molecule has 5 heteroatoms. The van der Waals surface area contributed by atoms with Crippen molar-refractivity contribution >= 4 is 23.4 Å². The summed E-state index contributed by atoms with van der Waals surface area (Å²) in [5.74, 6) is 0.865. The van der Waals surface area contributed by atoms with Crippen LogP contribution in [0.2, 0.25) is 5.02 Å². The molecular weight excluding hydrogens is 278 g/mol. The van der Waals surface area contributed by atoms with Gasteiger partial charge in [-0.3, -0.25) is 5.32 Å². The molecule has 0 radical (unpaired) electrons. The minimum Gasteiger partial charge on any atom is -0.493 e. The van der Waals surface area contributed by atoms with E-state index in [1.54, 1.807) is 36.4 Å². The lowest BCUT2D eigenvalue weighted by Crippen LogP contribution is -2.17. The van der Waals surface area contributed by atoms with Crippen molar-refractivity contribution in [3.8, 4) is 11.5 Å². The molecule has 0 bridgehead atoms. The molecule has 0 aromatic heterocycles. The number of hydrogen-bond acceptors (Lipinski definition) is 3. The molecule has 4 nitrogen and oxygen atoms in total. The number of anilines is 1. The van der Waals surface area contributed by atoms with Gasteiger partial charge in [0, 0.05) is 10.7 Å². The zero-order valence-electron chi connectivity index (χ0n) is 11.1. The molecule has 0 atom stereocenters. The van der Waals surface area contributed by atoms with E-state index in [2.05, 4.69) is 5.32 Å². The summed E-state index contributed by atoms with van der Waals surface area (Å²) >= 11 is 5.84. The van der Waals surface area contributed by atoms with Crippen molar-refractivity contribution in [2.75, 3.05) is 12.4 Å². The van der Waals surface area contributed by atoms with Crippen LogP contribution in [0, 0.1) is 6.92 Å². The maximum Gasteiger partial charge on any atom is 0.417 e. The lowest BCUT2D eigenvalue weighted by molar-refractivity contribution is 0.213. The second-order valence-electron chi connectivity index (χ2n) is 4.18. The van der Waals surface area contributed by atoms with E-state index in [9.17, 15) is 4.79 Å². The van der Waals surface area contributed by atoms with E-state index in [0.717, 1.165) is 5.56 Å². The van der Waals surface area contributed by atoms with Crippen molar-refractivity contribution in [3.05, 3.63) is 53.1 Å². The predicted molar refractivity (Wildman–Crippen MR) is 78.8 cm³/mol. The maximum atomic E-state index is 11.8. The summed E-state index contributed by atoms with van der Waals surface area (Å²) in [4.78, 5) is 11.8. The molecule has 0 saturated heterocycles. The number of carbonyl (C=O) groups is 1. The highest BCUT2D eigenvalue weighted by atomic mass is 35.5. The second-order valence-corrected chi connectivity index (χ2v) is 4.62. The Morgan fingerprint density at radius 3 is 2.65 bits per heavy atom. The fourth-order valence-electron chi connectivity index (χ4n) is 1.67. The third-order valence-corrected chi connectivity index (χ3v) is 2.83. The van der Waals surface area contributed by atoms with E-state index in [1.165, 1.54) is 7.11 Å². The molecule has 104 valence electrons. The van der Waals surface area contributed by atoms with Gasteiger partial charge >= 0.3 is 6.09 Å². The molecule has 0 aliphatic rings. The fourth-order valence-corrected chi connectivity index (χ4v) is 1.86. The molecule has 0 aliphatic carbocycles. The molecule has 2 aromatic carbocycles. The van der Waals surface area contributed by atoms with Crippen LogP contribution in [0.25, 0.3) is 0 Å². The van der Waals surface area contributed by atoms with Crippen LogP contribution in [0.4, 0.5) is 10.5 Å². The maximum absolute atomic E-state index is 11.8. The second kappa shape index (κ2) is 6.30. The SMILES string of the molecule is COc1cc(C)ccc1OC(=O)Nc1cccc(Cl)c1. The Morgan fingerprint density at radius 1 is 1.15 bits per heavy atom. The fraction of sp³-hybridized carbons (Fsp3) is 0.133. The molecular formula is C15H14ClNO3. The number of aryl methyl sites for hydroxylation is 1. The molecule has 2 rings (SSSR count). The van der Waals surface area contributed by atoms with Crippen LogP contribution < -0.4 is 14.8 Å². The Balaban J connectivity index is 2.08. The van der Waals surface area contributed by atoms with Crippen molar-refractivity contribution in [2.45, 2.75) is 6.92 Å². The van der Waals surface area contributed by atoms with E-state index in [4.69, 9.17) is 21.1 Å². The van der Waals surface area contributed by atoms with E-state index < -0.39 is 6.09 Å². The zero-order valence-corrected chi connectivity index (χ0v) is 11.9. The number of rotatable bonds is 3. The van der Waals surface area contributed by atoms with Gasteiger partial charge in [0.1, 0.15) is 0 Å². The molecule has 1 N–H and O–H groups in total. The summed E-state index contributed by atoms with van der Waals surface area (Å²) in [5, 5.41) is 3.13. The van der Waals surface area contributed by atoms with Crippen molar-refractivity contribution in [1.29, 1.82) is 0 Å². The van der Waals surface area contributed by atoms with Gasteiger partial charge in [0.25, 0.3) is 0 Å². The van der Waals surface area contributed by atoms with Gasteiger partial charge in [-0.2, -0.15) is 0 Å². The summed E-state index contributed by atoms with van der Waals surface area (Å²) in [7, 11) is 1.52. The molecule has 0 unspecified atom stereocenters. The first-order valence-corrected chi connectivity index (χ1v) is 6.35. The van der Waals surface area contributed by atoms with Crippen LogP contribution in [0.1, 0.15) is 5.56 Å². The number of halogens is 1. The number of nitrogens with one attached hydrogen (secondary N) is 1. The highest BCUT2D eigenvalue weighted by Crippen LogP contribution is 2.28. The van der Waals surface area contributed by atoms with E-state index >= 15 is 0 Å². The quantitative estimate of drug-likeness (QED) is 0.919. The summed E-state index contributed by atoms with van der Waals surface area (Å²) in [6.45, 7) is 1.93. The molecule has 0 heterocycles. The Bertz CT molecular complexity index is 628. The molecule has 20 heavy (non-hydrogen) atoms. The molecule has 0 fully saturated rings. The Morgan fingerprint density at radius 2 is 1.95 bits per heavy atom. The van der Waals surface area contributed by atoms with Crippen LogP contribution in [-0.4, -0.2) is 13.2 Å². The average molecular weight is 292 g/mol. The standard InChI is InChI=1S/C15H14ClNO3/c1-10-6-7-13(14(8-10)19-2)20-15(18)17-12-5-3-4-11(16)9-12/h3-9H,1-2H3,(H,17,18). The van der Waals surface area contributed by atoms with Crippen LogP contribution in [-0.2, 0) is 0 Å². The summed E-state index contributed by atoms with van der Waals surface area (Å²) < 4.78 is 10.4. The average Bonchev–Trinajstić information content (AvgIpc) is 2.40. The number of methoxy groups -OCH3 is 1. The van der Waals surface area contributed by atoms with Crippen LogP contribution >= 0.6 is 11.6 Å². The van der Waals surface area contributed by atoms with E-state index in [-0.39, 0.29) is 0 Å². The third-order valence-electron chi connectivity index (χ3n) is 2.59. The van der Waals surface area contributed by atoms with Gasteiger partial charge in [0.15, 0.2) is 11.5 Å². The monoisotopic (exact) mass is 291 g/mol. The van der Waals surface area contributed by atoms with E-state index in [0.29, 0.717) is 22.2 Å². The van der Waals surface area contributed by atoms with Gasteiger partial charge < -0.3 is 9.47 Å². The number of hydrogen-bond donors (Lipinski definition) is 1. The van der Waals surface area contributed by atoms with Gasteiger partial charge in [-0.25, -0.2) is 4.79 Å². The van der Waals surface area contributed by atoms with Crippen LogP contribution in [0.3, 0.4) is 0 Å². The Hall–Kier alpha value is -2.20. The topological polar surface area (TPSA) is 47.6 Å². The zero-order chi connectivity index (χ0) is 14.5. The van der Waals surface area contributed by atoms with Crippen molar-refractivity contribution in [1.82, 2.24) is 0 Å². The van der Waals surface area contributed by atoms with Gasteiger partial charge in [-0.15, -0.1) is 0 Å². The minimum atomic E-state index is -0.602. The van der Waals surface area contributed by atoms with Gasteiger partial charge in [-0.1, -0.05) is 23.7 Å². The van der Waals surface area contributed by atoms with Crippen LogP contribution in [0.5, 0.6) is 11.5 Å². The smallest absolute Gasteiger partial charge is 0.417 e. The molecule has 0 spiro atoms.